The molecular weight excluding hydrogens is 283 g/mol. The second kappa shape index (κ2) is 5.82. The van der Waals surface area contributed by atoms with Crippen molar-refractivity contribution < 1.29 is 18.0 Å². The highest BCUT2D eigenvalue weighted by Crippen LogP contribution is 2.34. The molecule has 2 N–H and O–H groups in total. The first kappa shape index (κ1) is 14.8. The van der Waals surface area contributed by atoms with Gasteiger partial charge in [-0.2, -0.15) is 13.2 Å². The summed E-state index contributed by atoms with van der Waals surface area (Å²) in [5.41, 5.74) is -0.344. The van der Waals surface area contributed by atoms with Crippen molar-refractivity contribution in [3.8, 4) is 0 Å². The summed E-state index contributed by atoms with van der Waals surface area (Å²) in [6, 6.07) is 7.32. The van der Waals surface area contributed by atoms with Crippen molar-refractivity contribution in [1.82, 2.24) is 4.98 Å². The molecule has 0 atom stereocenters. The number of para-hydroxylation sites is 1. The average molecular weight is 295 g/mol. The Morgan fingerprint density at radius 3 is 2.52 bits per heavy atom. The van der Waals surface area contributed by atoms with Crippen LogP contribution in [0.15, 0.2) is 42.6 Å². The van der Waals surface area contributed by atoms with Gasteiger partial charge in [-0.05, 0) is 36.8 Å². The number of pyridine rings is 1. The van der Waals surface area contributed by atoms with E-state index in [2.05, 4.69) is 15.6 Å². The fourth-order valence-electron chi connectivity index (χ4n) is 1.71. The summed E-state index contributed by atoms with van der Waals surface area (Å²) >= 11 is 0. The van der Waals surface area contributed by atoms with Crippen molar-refractivity contribution in [2.75, 3.05) is 10.6 Å². The average Bonchev–Trinajstić information content (AvgIpc) is 2.37. The zero-order valence-electron chi connectivity index (χ0n) is 11.0. The van der Waals surface area contributed by atoms with Crippen LogP contribution in [0.2, 0.25) is 0 Å². The summed E-state index contributed by atoms with van der Waals surface area (Å²) in [6.45, 7) is 1.81. The molecule has 0 radical (unpaired) electrons. The number of hydrogen-bond donors (Lipinski definition) is 2. The number of nitrogens with zero attached hydrogens (tertiary/aromatic N) is 1. The van der Waals surface area contributed by atoms with E-state index < -0.39 is 17.8 Å². The molecule has 7 heteroatoms. The largest absolute Gasteiger partial charge is 0.418 e. The maximum atomic E-state index is 12.8. The molecule has 1 aromatic carbocycles. The van der Waals surface area contributed by atoms with Crippen LogP contribution < -0.4 is 10.6 Å². The van der Waals surface area contributed by atoms with Gasteiger partial charge in [0.15, 0.2) is 0 Å². The number of urea groups is 1. The van der Waals surface area contributed by atoms with Crippen molar-refractivity contribution in [2.24, 2.45) is 0 Å². The molecule has 0 aliphatic heterocycles. The van der Waals surface area contributed by atoms with Gasteiger partial charge in [0.25, 0.3) is 0 Å². The van der Waals surface area contributed by atoms with E-state index >= 15 is 0 Å². The minimum Gasteiger partial charge on any atom is -0.307 e. The van der Waals surface area contributed by atoms with Crippen molar-refractivity contribution in [3.63, 3.8) is 0 Å². The van der Waals surface area contributed by atoms with Gasteiger partial charge in [-0.25, -0.2) is 9.78 Å². The first-order valence-electron chi connectivity index (χ1n) is 6.03. The lowest BCUT2D eigenvalue weighted by atomic mass is 10.1. The monoisotopic (exact) mass is 295 g/mol. The Kier molecular flexibility index (Phi) is 4.11. The van der Waals surface area contributed by atoms with Crippen LogP contribution in [-0.2, 0) is 6.18 Å². The number of hydrogen-bond acceptors (Lipinski definition) is 2. The lowest BCUT2D eigenvalue weighted by Gasteiger charge is -2.13. The van der Waals surface area contributed by atoms with E-state index in [-0.39, 0.29) is 11.5 Å². The second-order valence-electron chi connectivity index (χ2n) is 4.34. The summed E-state index contributed by atoms with van der Waals surface area (Å²) in [4.78, 5) is 15.6. The number of halogens is 3. The van der Waals surface area contributed by atoms with Crippen LogP contribution in [0.5, 0.6) is 0 Å². The molecule has 1 heterocycles. The molecule has 4 nitrogen and oxygen atoms in total. The number of amides is 2. The Hall–Kier alpha value is -2.57. The molecular formula is C14H12F3N3O. The van der Waals surface area contributed by atoms with Gasteiger partial charge in [0.2, 0.25) is 0 Å². The van der Waals surface area contributed by atoms with Crippen molar-refractivity contribution in [3.05, 3.63) is 53.7 Å². The Balaban J connectivity index is 2.14. The summed E-state index contributed by atoms with van der Waals surface area (Å²) in [5, 5.41) is 4.56. The van der Waals surface area contributed by atoms with E-state index in [4.69, 9.17) is 0 Å². The molecule has 0 saturated carbocycles. The molecule has 0 aliphatic rings. The molecule has 2 amide bonds. The van der Waals surface area contributed by atoms with E-state index in [0.717, 1.165) is 11.6 Å². The highest BCUT2D eigenvalue weighted by Gasteiger charge is 2.33. The fourth-order valence-corrected chi connectivity index (χ4v) is 1.71. The van der Waals surface area contributed by atoms with E-state index in [1.54, 1.807) is 12.1 Å². The van der Waals surface area contributed by atoms with Gasteiger partial charge in [-0.15, -0.1) is 0 Å². The number of nitrogens with one attached hydrogen (secondary N) is 2. The van der Waals surface area contributed by atoms with Crippen molar-refractivity contribution >= 4 is 17.5 Å². The van der Waals surface area contributed by atoms with Crippen LogP contribution >= 0.6 is 0 Å². The van der Waals surface area contributed by atoms with E-state index in [0.29, 0.717) is 0 Å². The predicted molar refractivity (Wildman–Crippen MR) is 73.1 cm³/mol. The topological polar surface area (TPSA) is 54.0 Å². The highest BCUT2D eigenvalue weighted by atomic mass is 19.4. The third-order valence-corrected chi connectivity index (χ3v) is 2.64. The third-order valence-electron chi connectivity index (χ3n) is 2.64. The Labute approximate surface area is 119 Å². The van der Waals surface area contributed by atoms with Gasteiger partial charge in [-0.1, -0.05) is 12.1 Å². The zero-order valence-corrected chi connectivity index (χ0v) is 11.0. The van der Waals surface area contributed by atoms with E-state index in [1.807, 2.05) is 6.92 Å². The smallest absolute Gasteiger partial charge is 0.307 e. The van der Waals surface area contributed by atoms with Crippen molar-refractivity contribution in [1.29, 1.82) is 0 Å². The number of alkyl halides is 3. The fraction of sp³-hybridized carbons (Fsp3) is 0.143. The molecule has 0 unspecified atom stereocenters. The van der Waals surface area contributed by atoms with Crippen LogP contribution in [-0.4, -0.2) is 11.0 Å². The Morgan fingerprint density at radius 2 is 1.86 bits per heavy atom. The lowest BCUT2D eigenvalue weighted by Crippen LogP contribution is -2.22. The van der Waals surface area contributed by atoms with Gasteiger partial charge in [-0.3, -0.25) is 5.32 Å². The van der Waals surface area contributed by atoms with Crippen LogP contribution in [0, 0.1) is 6.92 Å². The number of anilines is 2. The molecule has 21 heavy (non-hydrogen) atoms. The number of carbonyl (C=O) groups excluding carboxylic acids is 1. The van der Waals surface area contributed by atoms with Gasteiger partial charge in [0, 0.05) is 6.20 Å². The number of aromatic nitrogens is 1. The zero-order chi connectivity index (χ0) is 15.5. The first-order valence-corrected chi connectivity index (χ1v) is 6.03. The maximum absolute atomic E-state index is 12.8. The molecule has 0 bridgehead atoms. The van der Waals surface area contributed by atoms with Gasteiger partial charge >= 0.3 is 12.2 Å². The van der Waals surface area contributed by atoms with Crippen LogP contribution in [0.25, 0.3) is 0 Å². The van der Waals surface area contributed by atoms with E-state index in [9.17, 15) is 18.0 Å². The molecule has 110 valence electrons. The second-order valence-corrected chi connectivity index (χ2v) is 4.34. The molecule has 0 saturated heterocycles. The molecule has 0 aliphatic carbocycles. The number of aryl methyl sites for hydroxylation is 1. The van der Waals surface area contributed by atoms with Crippen LogP contribution in [0.4, 0.5) is 29.5 Å². The molecule has 2 rings (SSSR count). The van der Waals surface area contributed by atoms with Crippen LogP contribution in [0.1, 0.15) is 11.1 Å². The normalized spacial score (nSPS) is 11.0. The summed E-state index contributed by atoms with van der Waals surface area (Å²) in [7, 11) is 0. The minimum absolute atomic E-state index is 0.261. The molecule has 2 aromatic rings. The van der Waals surface area contributed by atoms with Gasteiger partial charge in [0.1, 0.15) is 5.82 Å². The van der Waals surface area contributed by atoms with E-state index in [1.165, 1.54) is 24.4 Å². The highest BCUT2D eigenvalue weighted by molar-refractivity contribution is 5.99. The standard InChI is InChI=1S/C14H12F3N3O/c1-9-6-7-18-12(8-9)20-13(21)19-11-5-3-2-4-10(11)14(15,16)17/h2-8H,1H3,(H2,18,19,20,21). The third kappa shape index (κ3) is 3.95. The number of rotatable bonds is 2. The summed E-state index contributed by atoms with van der Waals surface area (Å²) in [6.07, 6.45) is -3.04. The van der Waals surface area contributed by atoms with Gasteiger partial charge < -0.3 is 5.32 Å². The quantitative estimate of drug-likeness (QED) is 0.878. The van der Waals surface area contributed by atoms with Gasteiger partial charge in [0.05, 0.1) is 11.3 Å². The Morgan fingerprint density at radius 1 is 1.14 bits per heavy atom. The minimum atomic E-state index is -4.54. The van der Waals surface area contributed by atoms with Crippen LogP contribution in [0.3, 0.4) is 0 Å². The van der Waals surface area contributed by atoms with Crippen molar-refractivity contribution in [2.45, 2.75) is 13.1 Å². The summed E-state index contributed by atoms with van der Waals surface area (Å²) < 4.78 is 38.4. The molecule has 0 fully saturated rings. The first-order chi connectivity index (χ1) is 9.86. The molecule has 1 aromatic heterocycles. The predicted octanol–water partition coefficient (Wildman–Crippen LogP) is 4.05. The lowest BCUT2D eigenvalue weighted by molar-refractivity contribution is -0.136. The SMILES string of the molecule is Cc1ccnc(NC(=O)Nc2ccccc2C(F)(F)F)c1. The Bertz CT molecular complexity index is 656. The molecule has 0 spiro atoms. The summed E-state index contributed by atoms with van der Waals surface area (Å²) in [5.74, 6) is 0.261. The number of carbonyl (C=O) groups is 1. The number of benzene rings is 1. The maximum Gasteiger partial charge on any atom is 0.418 e.